The zero-order valence-corrected chi connectivity index (χ0v) is 16.7. The van der Waals surface area contributed by atoms with Gasteiger partial charge in [-0.1, -0.05) is 62.4 Å². The van der Waals surface area contributed by atoms with Gasteiger partial charge in [-0.3, -0.25) is 0 Å². The molecule has 3 heteroatoms. The molecule has 0 fully saturated rings. The van der Waals surface area contributed by atoms with E-state index in [1.54, 1.807) is 0 Å². The second kappa shape index (κ2) is 10.3. The summed E-state index contributed by atoms with van der Waals surface area (Å²) < 4.78 is 13.0. The summed E-state index contributed by atoms with van der Waals surface area (Å²) in [6.45, 7) is 7.82. The first-order valence-electron chi connectivity index (χ1n) is 9.60. The lowest BCUT2D eigenvalue weighted by atomic mass is 10.1. The lowest BCUT2D eigenvalue weighted by molar-refractivity contribution is -0.904. The van der Waals surface area contributed by atoms with Crippen molar-refractivity contribution in [2.45, 2.75) is 32.9 Å². The van der Waals surface area contributed by atoms with Gasteiger partial charge in [0.1, 0.15) is 24.9 Å². The lowest BCUT2D eigenvalue weighted by Gasteiger charge is -2.30. The van der Waals surface area contributed by atoms with Gasteiger partial charge in [-0.05, 0) is 24.5 Å². The fourth-order valence-electron chi connectivity index (χ4n) is 3.05. The molecule has 0 bridgehead atoms. The minimum Gasteiger partial charge on any atom is -0.488 e. The van der Waals surface area contributed by atoms with Crippen molar-refractivity contribution in [3.63, 3.8) is 0 Å². The highest BCUT2D eigenvalue weighted by Gasteiger charge is 2.17. The molecule has 2 aromatic rings. The monoisotopic (exact) mass is 356 g/mol. The van der Waals surface area contributed by atoms with Gasteiger partial charge < -0.3 is 14.0 Å². The average molecular weight is 357 g/mol. The Bertz CT molecular complexity index is 611. The average Bonchev–Trinajstić information content (AvgIpc) is 2.59. The number of hydrogen-bond donors (Lipinski definition) is 0. The van der Waals surface area contributed by atoms with Gasteiger partial charge in [-0.25, -0.2) is 0 Å². The first-order valence-corrected chi connectivity index (χ1v) is 9.60. The number of ether oxygens (including phenoxy) is 2. The van der Waals surface area contributed by atoms with Crippen LogP contribution in [-0.2, 0) is 11.3 Å². The van der Waals surface area contributed by atoms with E-state index >= 15 is 0 Å². The first-order chi connectivity index (χ1) is 12.4. The number of benzene rings is 2. The molecule has 0 aliphatic rings. The summed E-state index contributed by atoms with van der Waals surface area (Å²) >= 11 is 0. The molecule has 142 valence electrons. The van der Waals surface area contributed by atoms with E-state index in [9.17, 15) is 0 Å². The Balaban J connectivity index is 1.77. The number of hydrogen-bond acceptors (Lipinski definition) is 2. The van der Waals surface area contributed by atoms with Crippen molar-refractivity contribution in [1.82, 2.24) is 0 Å². The molecule has 3 nitrogen and oxygen atoms in total. The van der Waals surface area contributed by atoms with Crippen LogP contribution in [0.2, 0.25) is 0 Å². The van der Waals surface area contributed by atoms with Crippen molar-refractivity contribution in [3.05, 3.63) is 66.2 Å². The fraction of sp³-hybridized carbons (Fsp3) is 0.478. The van der Waals surface area contributed by atoms with Gasteiger partial charge in [0.05, 0.1) is 27.3 Å². The topological polar surface area (TPSA) is 18.5 Å². The third-order valence-electron chi connectivity index (χ3n) is 4.38. The van der Waals surface area contributed by atoms with E-state index in [4.69, 9.17) is 9.47 Å². The number of rotatable bonds is 11. The molecule has 0 aromatic heterocycles. The number of likely N-dealkylation sites (N-methyl/N-ethyl adjacent to an activating group) is 1. The summed E-state index contributed by atoms with van der Waals surface area (Å²) in [7, 11) is 4.50. The number of nitrogens with zero attached hydrogens (tertiary/aromatic N) is 1. The van der Waals surface area contributed by atoms with E-state index in [1.807, 2.05) is 30.3 Å². The molecule has 1 atom stereocenters. The molecule has 0 aliphatic heterocycles. The van der Waals surface area contributed by atoms with Crippen molar-refractivity contribution in [3.8, 4) is 5.75 Å². The molecule has 0 spiro atoms. The molecular weight excluding hydrogens is 322 g/mol. The quantitative estimate of drug-likeness (QED) is 0.426. The van der Waals surface area contributed by atoms with Crippen LogP contribution in [-0.4, -0.2) is 44.4 Å². The zero-order valence-electron chi connectivity index (χ0n) is 16.7. The third-order valence-corrected chi connectivity index (χ3v) is 4.38. The van der Waals surface area contributed by atoms with E-state index in [-0.39, 0.29) is 6.10 Å². The molecule has 26 heavy (non-hydrogen) atoms. The second-order valence-corrected chi connectivity index (χ2v) is 8.06. The van der Waals surface area contributed by atoms with Crippen LogP contribution in [0.25, 0.3) is 0 Å². The summed E-state index contributed by atoms with van der Waals surface area (Å²) in [4.78, 5) is 0. The molecule has 0 saturated heterocycles. The largest absolute Gasteiger partial charge is 0.488 e. The Kier molecular flexibility index (Phi) is 8.14. The van der Waals surface area contributed by atoms with E-state index in [0.717, 1.165) is 36.3 Å². The highest BCUT2D eigenvalue weighted by molar-refractivity contribution is 5.21. The standard InChI is InChI=1S/C23H34NO2/c1-20(2)17-23(26-22-13-9-6-10-14-22)19-25-16-15-24(3,4)18-21-11-7-5-8-12-21/h5-14,20,23H,15-19H2,1-4H3/q+1. The van der Waals surface area contributed by atoms with Crippen LogP contribution in [0, 0.1) is 5.92 Å². The van der Waals surface area contributed by atoms with Crippen LogP contribution in [0.5, 0.6) is 5.75 Å². The van der Waals surface area contributed by atoms with E-state index in [0.29, 0.717) is 12.5 Å². The van der Waals surface area contributed by atoms with Crippen LogP contribution in [0.4, 0.5) is 0 Å². The van der Waals surface area contributed by atoms with Gasteiger partial charge in [0, 0.05) is 5.56 Å². The van der Waals surface area contributed by atoms with Crippen molar-refractivity contribution < 1.29 is 14.0 Å². The SMILES string of the molecule is CC(C)CC(COCC[N+](C)(C)Cc1ccccc1)Oc1ccccc1. The second-order valence-electron chi connectivity index (χ2n) is 8.06. The Morgan fingerprint density at radius 1 is 0.885 bits per heavy atom. The molecule has 2 rings (SSSR count). The van der Waals surface area contributed by atoms with Gasteiger partial charge in [0.15, 0.2) is 0 Å². The van der Waals surface area contributed by atoms with Crippen LogP contribution < -0.4 is 4.74 Å². The van der Waals surface area contributed by atoms with E-state index in [2.05, 4.69) is 58.3 Å². The molecule has 0 N–H and O–H groups in total. The van der Waals surface area contributed by atoms with Crippen molar-refractivity contribution >= 4 is 0 Å². The highest BCUT2D eigenvalue weighted by atomic mass is 16.5. The summed E-state index contributed by atoms with van der Waals surface area (Å²) in [6, 6.07) is 20.7. The third kappa shape index (κ3) is 8.03. The van der Waals surface area contributed by atoms with Crippen molar-refractivity contribution in [2.24, 2.45) is 5.92 Å². The van der Waals surface area contributed by atoms with Gasteiger partial charge in [0.2, 0.25) is 0 Å². The summed E-state index contributed by atoms with van der Waals surface area (Å²) in [5.74, 6) is 1.50. The number of quaternary nitrogens is 1. The molecule has 2 aromatic carbocycles. The number of para-hydroxylation sites is 1. The fourth-order valence-corrected chi connectivity index (χ4v) is 3.05. The Hall–Kier alpha value is -1.84. The Morgan fingerprint density at radius 2 is 1.50 bits per heavy atom. The molecule has 0 aliphatic carbocycles. The van der Waals surface area contributed by atoms with E-state index < -0.39 is 0 Å². The molecule has 1 unspecified atom stereocenters. The minimum atomic E-state index is 0.0992. The van der Waals surface area contributed by atoms with E-state index in [1.165, 1.54) is 5.56 Å². The van der Waals surface area contributed by atoms with Crippen molar-refractivity contribution in [2.75, 3.05) is 33.9 Å². The minimum absolute atomic E-state index is 0.0992. The molecule has 0 amide bonds. The van der Waals surface area contributed by atoms with Gasteiger partial charge in [0.25, 0.3) is 0 Å². The maximum absolute atomic E-state index is 6.12. The maximum Gasteiger partial charge on any atom is 0.122 e. The van der Waals surface area contributed by atoms with Crippen LogP contribution in [0.15, 0.2) is 60.7 Å². The lowest BCUT2D eigenvalue weighted by Crippen LogP contribution is -2.42. The Labute approximate surface area is 159 Å². The Morgan fingerprint density at radius 3 is 2.12 bits per heavy atom. The van der Waals surface area contributed by atoms with Crippen LogP contribution in [0.3, 0.4) is 0 Å². The summed E-state index contributed by atoms with van der Waals surface area (Å²) in [6.07, 6.45) is 1.10. The van der Waals surface area contributed by atoms with Crippen LogP contribution in [0.1, 0.15) is 25.8 Å². The predicted molar refractivity (Wildman–Crippen MR) is 108 cm³/mol. The maximum atomic E-state index is 6.12. The van der Waals surface area contributed by atoms with Gasteiger partial charge in [-0.2, -0.15) is 0 Å². The molecular formula is C23H34NO2+. The smallest absolute Gasteiger partial charge is 0.122 e. The zero-order chi connectivity index (χ0) is 18.8. The van der Waals surface area contributed by atoms with Crippen molar-refractivity contribution in [1.29, 1.82) is 0 Å². The summed E-state index contributed by atoms with van der Waals surface area (Å²) in [5.41, 5.74) is 1.36. The molecule has 0 heterocycles. The normalized spacial score (nSPS) is 13.0. The molecule has 0 radical (unpaired) electrons. The van der Waals surface area contributed by atoms with Gasteiger partial charge in [-0.15, -0.1) is 0 Å². The van der Waals surface area contributed by atoms with Crippen LogP contribution >= 0.6 is 0 Å². The van der Waals surface area contributed by atoms with Gasteiger partial charge >= 0.3 is 0 Å². The first kappa shape index (κ1) is 20.5. The predicted octanol–water partition coefficient (Wildman–Crippen LogP) is 4.77. The summed E-state index contributed by atoms with van der Waals surface area (Å²) in [5, 5.41) is 0. The highest BCUT2D eigenvalue weighted by Crippen LogP contribution is 2.16. The molecule has 0 saturated carbocycles.